The lowest BCUT2D eigenvalue weighted by Crippen LogP contribution is -2.18. The molecule has 9 heteroatoms. The fraction of sp³-hybridized carbons (Fsp3) is 0.300. The monoisotopic (exact) mass is 286 g/mol. The fourth-order valence-electron chi connectivity index (χ4n) is 1.15. The van der Waals surface area contributed by atoms with E-state index in [9.17, 15) is 26.7 Å². The molecule has 19 heavy (non-hydrogen) atoms. The van der Waals surface area contributed by atoms with Crippen molar-refractivity contribution >= 4 is 5.97 Å². The van der Waals surface area contributed by atoms with Gasteiger partial charge in [-0.2, -0.15) is 8.78 Å². The van der Waals surface area contributed by atoms with Gasteiger partial charge in [-0.05, 0) is 18.2 Å². The molecule has 0 bridgehead atoms. The van der Waals surface area contributed by atoms with Crippen LogP contribution >= 0.6 is 0 Å². The van der Waals surface area contributed by atoms with Gasteiger partial charge in [0.05, 0.1) is 12.7 Å². The molecule has 0 saturated heterocycles. The molecular weight excluding hydrogens is 279 g/mol. The fourth-order valence-corrected chi connectivity index (χ4v) is 1.15. The first-order valence-corrected chi connectivity index (χ1v) is 4.66. The van der Waals surface area contributed by atoms with E-state index >= 15 is 0 Å². The molecule has 0 unspecified atom stereocenters. The van der Waals surface area contributed by atoms with Crippen LogP contribution in [0, 0.1) is 0 Å². The highest BCUT2D eigenvalue weighted by atomic mass is 19.4. The van der Waals surface area contributed by atoms with E-state index in [-0.39, 0.29) is 5.56 Å². The molecule has 0 fully saturated rings. The third-order valence-electron chi connectivity index (χ3n) is 1.81. The van der Waals surface area contributed by atoms with E-state index in [0.717, 1.165) is 13.2 Å². The van der Waals surface area contributed by atoms with Gasteiger partial charge in [0.2, 0.25) is 0 Å². The second-order valence-corrected chi connectivity index (χ2v) is 3.08. The molecule has 0 N–H and O–H groups in total. The van der Waals surface area contributed by atoms with Gasteiger partial charge in [0.15, 0.2) is 11.5 Å². The number of hydrogen-bond donors (Lipinski definition) is 0. The number of methoxy groups -OCH3 is 1. The molecule has 4 nitrogen and oxygen atoms in total. The highest BCUT2D eigenvalue weighted by molar-refractivity contribution is 5.90. The Morgan fingerprint density at radius 2 is 1.84 bits per heavy atom. The number of rotatable bonds is 4. The van der Waals surface area contributed by atoms with Crippen molar-refractivity contribution in [1.29, 1.82) is 0 Å². The summed E-state index contributed by atoms with van der Waals surface area (Å²) in [6, 6.07) is 2.27. The van der Waals surface area contributed by atoms with Crippen LogP contribution in [0.15, 0.2) is 18.2 Å². The summed E-state index contributed by atoms with van der Waals surface area (Å²) in [5.41, 5.74) is -0.257. The number of alkyl halides is 5. The van der Waals surface area contributed by atoms with E-state index in [4.69, 9.17) is 0 Å². The van der Waals surface area contributed by atoms with E-state index in [1.54, 1.807) is 0 Å². The van der Waals surface area contributed by atoms with Crippen molar-refractivity contribution in [2.45, 2.75) is 13.0 Å². The van der Waals surface area contributed by atoms with Crippen LogP contribution in [0.4, 0.5) is 22.0 Å². The highest BCUT2D eigenvalue weighted by Gasteiger charge is 2.33. The van der Waals surface area contributed by atoms with Gasteiger partial charge < -0.3 is 14.2 Å². The van der Waals surface area contributed by atoms with E-state index in [2.05, 4.69) is 14.2 Å². The number of carbonyl (C=O) groups is 1. The third-order valence-corrected chi connectivity index (χ3v) is 1.81. The molecule has 106 valence electrons. The van der Waals surface area contributed by atoms with Gasteiger partial charge in [-0.3, -0.25) is 0 Å². The van der Waals surface area contributed by atoms with Crippen molar-refractivity contribution in [1.82, 2.24) is 0 Å². The predicted octanol–water partition coefficient (Wildman–Crippen LogP) is 2.97. The zero-order valence-electron chi connectivity index (χ0n) is 9.33. The molecular formula is C10H7F5O4. The molecule has 0 saturated carbocycles. The van der Waals surface area contributed by atoms with Crippen molar-refractivity contribution in [3.05, 3.63) is 23.8 Å². The van der Waals surface area contributed by atoms with Crippen LogP contribution in [-0.4, -0.2) is 26.1 Å². The summed E-state index contributed by atoms with van der Waals surface area (Å²) in [7, 11) is 1.02. The molecule has 0 aromatic heterocycles. The minimum absolute atomic E-state index is 0.257. The minimum atomic E-state index is -5.08. The second-order valence-electron chi connectivity index (χ2n) is 3.08. The smallest absolute Gasteiger partial charge is 0.465 e. The lowest BCUT2D eigenvalue weighted by molar-refractivity contribution is -0.275. The van der Waals surface area contributed by atoms with E-state index in [1.165, 1.54) is 0 Å². The van der Waals surface area contributed by atoms with Gasteiger partial charge in [0.25, 0.3) is 0 Å². The molecule has 1 aromatic rings. The van der Waals surface area contributed by atoms with Crippen LogP contribution in [0.25, 0.3) is 0 Å². The van der Waals surface area contributed by atoms with Crippen molar-refractivity contribution < 1.29 is 41.0 Å². The third kappa shape index (κ3) is 4.60. The molecule has 0 heterocycles. The van der Waals surface area contributed by atoms with E-state index < -0.39 is 30.4 Å². The van der Waals surface area contributed by atoms with Crippen molar-refractivity contribution in [3.8, 4) is 11.5 Å². The van der Waals surface area contributed by atoms with Gasteiger partial charge in [0.1, 0.15) is 0 Å². The number of halogens is 5. The van der Waals surface area contributed by atoms with Crippen LogP contribution in [0.3, 0.4) is 0 Å². The molecule has 0 aliphatic carbocycles. The zero-order chi connectivity index (χ0) is 14.6. The Labute approximate surface area is 103 Å². The predicted molar refractivity (Wildman–Crippen MR) is 51.1 cm³/mol. The molecule has 0 radical (unpaired) electrons. The first-order chi connectivity index (χ1) is 8.73. The van der Waals surface area contributed by atoms with Crippen molar-refractivity contribution in [2.24, 2.45) is 0 Å². The number of benzene rings is 1. The molecule has 0 atom stereocenters. The van der Waals surface area contributed by atoms with Gasteiger partial charge >= 0.3 is 18.9 Å². The maximum atomic E-state index is 12.1. The molecule has 1 rings (SSSR count). The maximum absolute atomic E-state index is 12.1. The van der Waals surface area contributed by atoms with Gasteiger partial charge in [-0.25, -0.2) is 4.79 Å². The molecule has 0 aliphatic heterocycles. The Balaban J connectivity index is 3.12. The van der Waals surface area contributed by atoms with Crippen LogP contribution in [-0.2, 0) is 4.74 Å². The van der Waals surface area contributed by atoms with Gasteiger partial charge in [0, 0.05) is 0 Å². The van der Waals surface area contributed by atoms with Crippen LogP contribution in [0.1, 0.15) is 10.4 Å². The van der Waals surface area contributed by atoms with Gasteiger partial charge in [-0.15, -0.1) is 13.2 Å². The Hall–Kier alpha value is -2.06. The molecule has 0 amide bonds. The minimum Gasteiger partial charge on any atom is -0.465 e. The summed E-state index contributed by atoms with van der Waals surface area (Å²) < 4.78 is 71.9. The largest absolute Gasteiger partial charge is 0.573 e. The molecule has 0 aliphatic rings. The normalized spacial score (nSPS) is 11.3. The Morgan fingerprint density at radius 1 is 1.21 bits per heavy atom. The summed E-state index contributed by atoms with van der Waals surface area (Å²) in [5.74, 6) is -2.83. The summed E-state index contributed by atoms with van der Waals surface area (Å²) >= 11 is 0. The Morgan fingerprint density at radius 3 is 2.32 bits per heavy atom. The lowest BCUT2D eigenvalue weighted by Gasteiger charge is -2.14. The number of esters is 1. The number of ether oxygens (including phenoxy) is 3. The summed E-state index contributed by atoms with van der Waals surface area (Å²) in [5, 5.41) is 0. The summed E-state index contributed by atoms with van der Waals surface area (Å²) in [4.78, 5) is 11.1. The SMILES string of the molecule is COC(=O)c1ccc(OC(F)(F)F)c(OC(F)F)c1. The van der Waals surface area contributed by atoms with Crippen molar-refractivity contribution in [2.75, 3.05) is 7.11 Å². The standard InChI is InChI=1S/C10H7F5O4/c1-17-8(16)5-2-3-6(19-10(13,14)15)7(4-5)18-9(11)12/h2-4,9H,1H3. The Kier molecular flexibility index (Phi) is 4.52. The van der Waals surface area contributed by atoms with E-state index in [0.29, 0.717) is 12.1 Å². The average Bonchev–Trinajstić information content (AvgIpc) is 2.28. The van der Waals surface area contributed by atoms with Crippen LogP contribution < -0.4 is 9.47 Å². The molecule has 0 spiro atoms. The lowest BCUT2D eigenvalue weighted by atomic mass is 10.2. The van der Waals surface area contributed by atoms with Crippen LogP contribution in [0.2, 0.25) is 0 Å². The van der Waals surface area contributed by atoms with E-state index in [1.807, 2.05) is 0 Å². The average molecular weight is 286 g/mol. The first-order valence-electron chi connectivity index (χ1n) is 4.66. The second kappa shape index (κ2) is 5.72. The summed E-state index contributed by atoms with van der Waals surface area (Å²) in [6.45, 7) is -3.37. The van der Waals surface area contributed by atoms with Gasteiger partial charge in [-0.1, -0.05) is 0 Å². The highest BCUT2D eigenvalue weighted by Crippen LogP contribution is 2.34. The molecule has 1 aromatic carbocycles. The zero-order valence-corrected chi connectivity index (χ0v) is 9.33. The van der Waals surface area contributed by atoms with Crippen molar-refractivity contribution in [3.63, 3.8) is 0 Å². The summed E-state index contributed by atoms with van der Waals surface area (Å²) in [6.07, 6.45) is -5.08. The van der Waals surface area contributed by atoms with Crippen LogP contribution in [0.5, 0.6) is 11.5 Å². The first kappa shape index (κ1) is 15.0. The topological polar surface area (TPSA) is 44.8 Å². The Bertz CT molecular complexity index is 458. The maximum Gasteiger partial charge on any atom is 0.573 e. The number of carbonyl (C=O) groups excluding carboxylic acids is 1. The number of hydrogen-bond acceptors (Lipinski definition) is 4. The quantitative estimate of drug-likeness (QED) is 0.630.